The molecular formula is C19H24N2O5S. The smallest absolute Gasteiger partial charge is 0.245 e. The van der Waals surface area contributed by atoms with Gasteiger partial charge in [-0.2, -0.15) is 0 Å². The third-order valence-electron chi connectivity index (χ3n) is 4.01. The van der Waals surface area contributed by atoms with Crippen LogP contribution in [0.5, 0.6) is 11.5 Å². The topological polar surface area (TPSA) is 84.9 Å². The van der Waals surface area contributed by atoms with Crippen LogP contribution in [-0.2, 0) is 14.8 Å². The normalized spacial score (nSPS) is 11.0. The van der Waals surface area contributed by atoms with Crippen molar-refractivity contribution in [2.24, 2.45) is 0 Å². The number of carbonyl (C=O) groups is 1. The summed E-state index contributed by atoms with van der Waals surface area (Å²) < 4.78 is 36.1. The maximum absolute atomic E-state index is 12.6. The van der Waals surface area contributed by atoms with Gasteiger partial charge in [-0.1, -0.05) is 12.1 Å². The van der Waals surface area contributed by atoms with Gasteiger partial charge in [0.05, 0.1) is 26.2 Å². The quantitative estimate of drug-likeness (QED) is 0.783. The van der Waals surface area contributed by atoms with E-state index in [1.807, 2.05) is 32.0 Å². The molecule has 0 bridgehead atoms. The highest BCUT2D eigenvalue weighted by molar-refractivity contribution is 7.92. The van der Waals surface area contributed by atoms with Crippen LogP contribution in [0.1, 0.15) is 11.1 Å². The Morgan fingerprint density at radius 1 is 1.07 bits per heavy atom. The van der Waals surface area contributed by atoms with Gasteiger partial charge < -0.3 is 14.8 Å². The van der Waals surface area contributed by atoms with Crippen LogP contribution in [0.15, 0.2) is 36.4 Å². The minimum atomic E-state index is -3.74. The van der Waals surface area contributed by atoms with Crippen molar-refractivity contribution < 1.29 is 22.7 Å². The minimum absolute atomic E-state index is 0.232. The summed E-state index contributed by atoms with van der Waals surface area (Å²) in [5.74, 6) is 0.314. The lowest BCUT2D eigenvalue weighted by atomic mass is 10.1. The molecule has 0 saturated carbocycles. The summed E-state index contributed by atoms with van der Waals surface area (Å²) in [6, 6.07) is 10.4. The molecule has 0 fully saturated rings. The highest BCUT2D eigenvalue weighted by Gasteiger charge is 2.25. The molecule has 0 aliphatic heterocycles. The average molecular weight is 392 g/mol. The number of nitrogens with one attached hydrogen (secondary N) is 1. The molecule has 0 saturated heterocycles. The molecule has 146 valence electrons. The first-order chi connectivity index (χ1) is 12.7. The molecule has 0 aliphatic carbocycles. The lowest BCUT2D eigenvalue weighted by Crippen LogP contribution is -2.37. The summed E-state index contributed by atoms with van der Waals surface area (Å²) >= 11 is 0. The first-order valence-corrected chi connectivity index (χ1v) is 10.1. The number of hydrogen-bond donors (Lipinski definition) is 1. The van der Waals surface area contributed by atoms with Crippen LogP contribution in [0.25, 0.3) is 0 Å². The van der Waals surface area contributed by atoms with Crippen molar-refractivity contribution in [1.29, 1.82) is 0 Å². The molecule has 0 radical (unpaired) electrons. The van der Waals surface area contributed by atoms with E-state index in [2.05, 4.69) is 5.32 Å². The standard InChI is InChI=1S/C19H24N2O5S/c1-13-6-7-14(2)16(10-13)20-19(22)12-21(27(5,23)24)17-11-15(25-3)8-9-18(17)26-4/h6-11H,12H2,1-5H3,(H,20,22). The van der Waals surface area contributed by atoms with Crippen LogP contribution >= 0.6 is 0 Å². The number of amides is 1. The van der Waals surface area contributed by atoms with Crippen LogP contribution in [0.2, 0.25) is 0 Å². The molecule has 1 N–H and O–H groups in total. The molecule has 2 rings (SSSR count). The Hall–Kier alpha value is -2.74. The number of ether oxygens (including phenoxy) is 2. The van der Waals surface area contributed by atoms with Gasteiger partial charge in [0.15, 0.2) is 0 Å². The van der Waals surface area contributed by atoms with Crippen molar-refractivity contribution in [3.63, 3.8) is 0 Å². The Morgan fingerprint density at radius 2 is 1.78 bits per heavy atom. The SMILES string of the molecule is COc1ccc(OC)c(N(CC(=O)Nc2cc(C)ccc2C)S(C)(=O)=O)c1. The summed E-state index contributed by atoms with van der Waals surface area (Å²) in [6.07, 6.45) is 1.04. The van der Waals surface area contributed by atoms with E-state index in [0.29, 0.717) is 17.2 Å². The van der Waals surface area contributed by atoms with Gasteiger partial charge in [-0.3, -0.25) is 9.10 Å². The van der Waals surface area contributed by atoms with Crippen molar-refractivity contribution >= 4 is 27.3 Å². The molecule has 1 amide bonds. The predicted octanol–water partition coefficient (Wildman–Crippen LogP) is 2.73. The Kier molecular flexibility index (Phi) is 6.32. The van der Waals surface area contributed by atoms with E-state index < -0.39 is 22.5 Å². The number of benzene rings is 2. The van der Waals surface area contributed by atoms with Gasteiger partial charge in [-0.25, -0.2) is 8.42 Å². The Labute approximate surface area is 160 Å². The molecule has 0 aromatic heterocycles. The number of nitrogens with zero attached hydrogens (tertiary/aromatic N) is 1. The second-order valence-corrected chi connectivity index (χ2v) is 8.08. The van der Waals surface area contributed by atoms with Crippen LogP contribution in [-0.4, -0.2) is 41.3 Å². The highest BCUT2D eigenvalue weighted by atomic mass is 32.2. The van der Waals surface area contributed by atoms with Crippen LogP contribution in [0.4, 0.5) is 11.4 Å². The van der Waals surface area contributed by atoms with E-state index in [4.69, 9.17) is 9.47 Å². The van der Waals surface area contributed by atoms with E-state index in [1.54, 1.807) is 12.1 Å². The number of carbonyl (C=O) groups excluding carboxylic acids is 1. The highest BCUT2D eigenvalue weighted by Crippen LogP contribution is 2.33. The van der Waals surface area contributed by atoms with Crippen molar-refractivity contribution in [2.45, 2.75) is 13.8 Å². The van der Waals surface area contributed by atoms with Crippen LogP contribution in [0, 0.1) is 13.8 Å². The van der Waals surface area contributed by atoms with Gasteiger partial charge in [-0.05, 0) is 43.2 Å². The summed E-state index contributed by atoms with van der Waals surface area (Å²) in [5.41, 5.74) is 2.76. The zero-order valence-electron chi connectivity index (χ0n) is 16.1. The number of methoxy groups -OCH3 is 2. The van der Waals surface area contributed by atoms with E-state index >= 15 is 0 Å². The fourth-order valence-electron chi connectivity index (χ4n) is 2.56. The zero-order valence-corrected chi connectivity index (χ0v) is 16.9. The predicted molar refractivity (Wildman–Crippen MR) is 106 cm³/mol. The third-order valence-corrected chi connectivity index (χ3v) is 5.14. The van der Waals surface area contributed by atoms with Crippen molar-refractivity contribution in [1.82, 2.24) is 0 Å². The van der Waals surface area contributed by atoms with Crippen LogP contribution < -0.4 is 19.1 Å². The lowest BCUT2D eigenvalue weighted by Gasteiger charge is -2.24. The fourth-order valence-corrected chi connectivity index (χ4v) is 3.42. The van der Waals surface area contributed by atoms with Crippen molar-refractivity contribution in [3.8, 4) is 11.5 Å². The second-order valence-electron chi connectivity index (χ2n) is 6.17. The largest absolute Gasteiger partial charge is 0.497 e. The molecule has 7 nitrogen and oxygen atoms in total. The minimum Gasteiger partial charge on any atom is -0.497 e. The first-order valence-electron chi connectivity index (χ1n) is 8.22. The van der Waals surface area contributed by atoms with E-state index in [9.17, 15) is 13.2 Å². The van der Waals surface area contributed by atoms with Gasteiger partial charge in [0.25, 0.3) is 0 Å². The molecule has 0 atom stereocenters. The van der Waals surface area contributed by atoms with Crippen molar-refractivity contribution in [2.75, 3.05) is 36.6 Å². The van der Waals surface area contributed by atoms with Gasteiger partial charge in [0.2, 0.25) is 15.9 Å². The van der Waals surface area contributed by atoms with E-state index in [0.717, 1.165) is 21.7 Å². The van der Waals surface area contributed by atoms with Gasteiger partial charge >= 0.3 is 0 Å². The summed E-state index contributed by atoms with van der Waals surface area (Å²) in [7, 11) is -0.836. The molecule has 2 aromatic carbocycles. The Balaban J connectivity index is 2.36. The summed E-state index contributed by atoms with van der Waals surface area (Å²) in [5, 5.41) is 2.77. The van der Waals surface area contributed by atoms with E-state index in [1.165, 1.54) is 20.3 Å². The zero-order chi connectivity index (χ0) is 20.2. The average Bonchev–Trinajstić information content (AvgIpc) is 2.61. The monoisotopic (exact) mass is 392 g/mol. The molecule has 27 heavy (non-hydrogen) atoms. The lowest BCUT2D eigenvalue weighted by molar-refractivity contribution is -0.114. The van der Waals surface area contributed by atoms with Gasteiger partial charge in [0, 0.05) is 11.8 Å². The molecule has 0 unspecified atom stereocenters. The molecular weight excluding hydrogens is 368 g/mol. The number of rotatable bonds is 7. The Morgan fingerprint density at radius 3 is 2.37 bits per heavy atom. The van der Waals surface area contributed by atoms with Gasteiger partial charge in [-0.15, -0.1) is 0 Å². The first kappa shape index (κ1) is 20.6. The number of anilines is 2. The van der Waals surface area contributed by atoms with Crippen molar-refractivity contribution in [3.05, 3.63) is 47.5 Å². The molecule has 2 aromatic rings. The summed E-state index contributed by atoms with van der Waals surface area (Å²) in [6.45, 7) is 3.39. The molecule has 0 heterocycles. The number of hydrogen-bond acceptors (Lipinski definition) is 5. The maximum Gasteiger partial charge on any atom is 0.245 e. The molecule has 0 aliphatic rings. The second kappa shape index (κ2) is 8.30. The molecule has 8 heteroatoms. The third kappa shape index (κ3) is 5.13. The van der Waals surface area contributed by atoms with E-state index in [-0.39, 0.29) is 5.69 Å². The van der Waals surface area contributed by atoms with Crippen LogP contribution in [0.3, 0.4) is 0 Å². The number of sulfonamides is 1. The van der Waals surface area contributed by atoms with Gasteiger partial charge in [0.1, 0.15) is 18.0 Å². The summed E-state index contributed by atoms with van der Waals surface area (Å²) in [4.78, 5) is 12.6. The fraction of sp³-hybridized carbons (Fsp3) is 0.316. The maximum atomic E-state index is 12.6. The molecule has 0 spiro atoms. The Bertz CT molecular complexity index is 941. The number of aryl methyl sites for hydroxylation is 2.